The Labute approximate surface area is 122 Å². The van der Waals surface area contributed by atoms with Crippen molar-refractivity contribution < 1.29 is 29.4 Å². The predicted molar refractivity (Wildman–Crippen MR) is 72.8 cm³/mol. The molecule has 0 aliphatic rings. The van der Waals surface area contributed by atoms with E-state index in [0.717, 1.165) is 11.3 Å². The first-order chi connectivity index (χ1) is 9.77. The van der Waals surface area contributed by atoms with Crippen LogP contribution in [0.2, 0.25) is 0 Å². The number of carboxylic acids is 2. The number of hydrogen-bond acceptors (Lipinski definition) is 4. The van der Waals surface area contributed by atoms with E-state index >= 15 is 0 Å². The highest BCUT2D eigenvalue weighted by Gasteiger charge is 2.23. The number of urea groups is 1. The third kappa shape index (κ3) is 8.45. The Morgan fingerprint density at radius 2 is 1.81 bits per heavy atom. The summed E-state index contributed by atoms with van der Waals surface area (Å²) in [5, 5.41) is 22.2. The van der Waals surface area contributed by atoms with Gasteiger partial charge in [0.25, 0.3) is 0 Å². The SMILES string of the molecule is CCCNC(=O)CN(C)C(=O)NC(CCC(=O)O)C(=O)O. The maximum Gasteiger partial charge on any atom is 0.326 e. The Kier molecular flexibility index (Phi) is 8.51. The van der Waals surface area contributed by atoms with Crippen molar-refractivity contribution in [3.8, 4) is 0 Å². The zero-order valence-corrected chi connectivity index (χ0v) is 12.1. The zero-order chi connectivity index (χ0) is 16.4. The van der Waals surface area contributed by atoms with E-state index in [1.54, 1.807) is 0 Å². The van der Waals surface area contributed by atoms with Crippen LogP contribution in [0.4, 0.5) is 4.79 Å². The van der Waals surface area contributed by atoms with Gasteiger partial charge >= 0.3 is 18.0 Å². The average Bonchev–Trinajstić information content (AvgIpc) is 2.40. The van der Waals surface area contributed by atoms with Crippen LogP contribution >= 0.6 is 0 Å². The van der Waals surface area contributed by atoms with E-state index in [1.165, 1.54) is 7.05 Å². The summed E-state index contributed by atoms with van der Waals surface area (Å²) in [6.07, 6.45) is 0.155. The molecule has 3 amide bonds. The lowest BCUT2D eigenvalue weighted by Crippen LogP contribution is -2.49. The fraction of sp³-hybridized carbons (Fsp3) is 0.667. The number of nitrogens with one attached hydrogen (secondary N) is 2. The highest BCUT2D eigenvalue weighted by molar-refractivity contribution is 5.86. The van der Waals surface area contributed by atoms with Crippen molar-refractivity contribution in [3.05, 3.63) is 0 Å². The van der Waals surface area contributed by atoms with Gasteiger partial charge in [-0.3, -0.25) is 9.59 Å². The summed E-state index contributed by atoms with van der Waals surface area (Å²) in [4.78, 5) is 45.5. The maximum atomic E-state index is 11.7. The second-order valence-corrected chi connectivity index (χ2v) is 4.48. The number of likely N-dealkylation sites (N-methyl/N-ethyl adjacent to an activating group) is 1. The Bertz CT molecular complexity index is 398. The Hall–Kier alpha value is -2.32. The Balaban J connectivity index is 4.37. The van der Waals surface area contributed by atoms with E-state index in [4.69, 9.17) is 10.2 Å². The molecule has 0 heterocycles. The smallest absolute Gasteiger partial charge is 0.326 e. The van der Waals surface area contributed by atoms with Gasteiger partial charge in [0.05, 0.1) is 0 Å². The third-order valence-electron chi connectivity index (χ3n) is 2.54. The van der Waals surface area contributed by atoms with Crippen molar-refractivity contribution in [1.82, 2.24) is 15.5 Å². The lowest BCUT2D eigenvalue weighted by Gasteiger charge is -2.20. The van der Waals surface area contributed by atoms with Crippen LogP contribution in [0.1, 0.15) is 26.2 Å². The van der Waals surface area contributed by atoms with Gasteiger partial charge in [0.2, 0.25) is 5.91 Å². The number of amides is 3. The van der Waals surface area contributed by atoms with E-state index in [9.17, 15) is 19.2 Å². The first-order valence-corrected chi connectivity index (χ1v) is 6.50. The molecule has 9 heteroatoms. The molecule has 0 saturated carbocycles. The molecule has 21 heavy (non-hydrogen) atoms. The average molecular weight is 303 g/mol. The van der Waals surface area contributed by atoms with Gasteiger partial charge < -0.3 is 25.7 Å². The summed E-state index contributed by atoms with van der Waals surface area (Å²) in [7, 11) is 1.34. The van der Waals surface area contributed by atoms with E-state index in [1.807, 2.05) is 6.92 Å². The minimum absolute atomic E-state index is 0.211. The van der Waals surface area contributed by atoms with E-state index in [0.29, 0.717) is 6.54 Å². The van der Waals surface area contributed by atoms with E-state index < -0.39 is 24.0 Å². The molecule has 1 unspecified atom stereocenters. The van der Waals surface area contributed by atoms with Crippen LogP contribution in [-0.2, 0) is 14.4 Å². The molecule has 0 rings (SSSR count). The van der Waals surface area contributed by atoms with Crippen LogP contribution in [0.5, 0.6) is 0 Å². The maximum absolute atomic E-state index is 11.7. The third-order valence-corrected chi connectivity index (χ3v) is 2.54. The van der Waals surface area contributed by atoms with Crippen molar-refractivity contribution in [2.24, 2.45) is 0 Å². The number of carbonyl (C=O) groups is 4. The van der Waals surface area contributed by atoms with Gasteiger partial charge in [-0.2, -0.15) is 0 Å². The summed E-state index contributed by atoms with van der Waals surface area (Å²) >= 11 is 0. The monoisotopic (exact) mass is 303 g/mol. The van der Waals surface area contributed by atoms with Gasteiger partial charge in [-0.25, -0.2) is 9.59 Å². The van der Waals surface area contributed by atoms with Gasteiger partial charge in [-0.1, -0.05) is 6.92 Å². The molecule has 0 radical (unpaired) electrons. The first kappa shape index (κ1) is 18.7. The summed E-state index contributed by atoms with van der Waals surface area (Å²) in [5.74, 6) is -2.83. The van der Waals surface area contributed by atoms with Crippen molar-refractivity contribution in [3.63, 3.8) is 0 Å². The molecular weight excluding hydrogens is 282 g/mol. The largest absolute Gasteiger partial charge is 0.481 e. The molecule has 0 saturated heterocycles. The normalized spacial score (nSPS) is 11.3. The summed E-state index contributed by atoms with van der Waals surface area (Å²) in [5.41, 5.74) is 0. The number of nitrogens with zero attached hydrogens (tertiary/aromatic N) is 1. The highest BCUT2D eigenvalue weighted by Crippen LogP contribution is 1.99. The van der Waals surface area contributed by atoms with Crippen molar-refractivity contribution >= 4 is 23.9 Å². The van der Waals surface area contributed by atoms with Gasteiger partial charge in [0.15, 0.2) is 0 Å². The van der Waals surface area contributed by atoms with Gasteiger partial charge in [-0.05, 0) is 12.8 Å². The molecule has 0 aromatic heterocycles. The molecule has 0 aromatic carbocycles. The highest BCUT2D eigenvalue weighted by atomic mass is 16.4. The molecule has 0 bridgehead atoms. The lowest BCUT2D eigenvalue weighted by atomic mass is 10.1. The molecule has 0 aliphatic carbocycles. The molecule has 120 valence electrons. The standard InChI is InChI=1S/C12H21N3O6/c1-3-6-13-9(16)7-15(2)12(21)14-8(11(19)20)4-5-10(17)18/h8H,3-7H2,1-2H3,(H,13,16)(H,14,21)(H,17,18)(H,19,20). The van der Waals surface area contributed by atoms with Crippen LogP contribution in [0.15, 0.2) is 0 Å². The molecule has 0 fully saturated rings. The number of rotatable bonds is 9. The topological polar surface area (TPSA) is 136 Å². The quantitative estimate of drug-likeness (QED) is 0.452. The fourth-order valence-electron chi connectivity index (χ4n) is 1.39. The van der Waals surface area contributed by atoms with E-state index in [2.05, 4.69) is 10.6 Å². The number of hydrogen-bond donors (Lipinski definition) is 4. The molecule has 0 aliphatic heterocycles. The first-order valence-electron chi connectivity index (χ1n) is 6.50. The molecule has 9 nitrogen and oxygen atoms in total. The second kappa shape index (κ2) is 9.56. The van der Waals surface area contributed by atoms with Gasteiger partial charge in [0.1, 0.15) is 12.6 Å². The molecule has 0 spiro atoms. The molecule has 0 aromatic rings. The van der Waals surface area contributed by atoms with Crippen molar-refractivity contribution in [2.75, 3.05) is 20.1 Å². The summed E-state index contributed by atoms with van der Waals surface area (Å²) < 4.78 is 0. The van der Waals surface area contributed by atoms with Crippen LogP contribution in [0.25, 0.3) is 0 Å². The second-order valence-electron chi connectivity index (χ2n) is 4.48. The summed E-state index contributed by atoms with van der Waals surface area (Å²) in [6, 6.07) is -2.06. The van der Waals surface area contributed by atoms with Gasteiger partial charge in [-0.15, -0.1) is 0 Å². The number of aliphatic carboxylic acids is 2. The lowest BCUT2D eigenvalue weighted by molar-refractivity contribution is -0.140. The Morgan fingerprint density at radius 1 is 1.19 bits per heavy atom. The summed E-state index contributed by atoms with van der Waals surface area (Å²) in [6.45, 7) is 2.17. The fourth-order valence-corrected chi connectivity index (χ4v) is 1.39. The van der Waals surface area contributed by atoms with E-state index in [-0.39, 0.29) is 25.3 Å². The van der Waals surface area contributed by atoms with Crippen LogP contribution in [0, 0.1) is 0 Å². The van der Waals surface area contributed by atoms with Crippen LogP contribution in [-0.4, -0.2) is 65.2 Å². The van der Waals surface area contributed by atoms with Crippen LogP contribution < -0.4 is 10.6 Å². The zero-order valence-electron chi connectivity index (χ0n) is 12.1. The Morgan fingerprint density at radius 3 is 2.29 bits per heavy atom. The molecule has 4 N–H and O–H groups in total. The van der Waals surface area contributed by atoms with Gasteiger partial charge in [0, 0.05) is 20.0 Å². The van der Waals surface area contributed by atoms with Crippen molar-refractivity contribution in [2.45, 2.75) is 32.2 Å². The van der Waals surface area contributed by atoms with Crippen molar-refractivity contribution in [1.29, 1.82) is 0 Å². The molecular formula is C12H21N3O6. The molecule has 1 atom stereocenters. The van der Waals surface area contributed by atoms with Crippen LogP contribution in [0.3, 0.4) is 0 Å². The minimum Gasteiger partial charge on any atom is -0.481 e. The number of carboxylic acid groups (broad SMARTS) is 2. The predicted octanol–water partition coefficient (Wildman–Crippen LogP) is -0.528. The minimum atomic E-state index is -1.33. The number of carbonyl (C=O) groups excluding carboxylic acids is 2.